The Hall–Kier alpha value is 0.820. The monoisotopic (exact) mass is 886 g/mol. The van der Waals surface area contributed by atoms with Crippen LogP contribution in [-0.2, 0) is 14.2 Å². The van der Waals surface area contributed by atoms with E-state index in [0.29, 0.717) is 13.6 Å². The molecule has 0 heterocycles. The fourth-order valence-corrected chi connectivity index (χ4v) is 6.99. The third-order valence-electron chi connectivity index (χ3n) is 9.19. The Labute approximate surface area is 322 Å². The van der Waals surface area contributed by atoms with E-state index in [0.717, 1.165) is 25.7 Å². The van der Waals surface area contributed by atoms with Crippen LogP contribution >= 0.6 is 45.2 Å². The molecule has 0 rings (SSSR count). The van der Waals surface area contributed by atoms with Crippen molar-refractivity contribution < 1.29 is 14.2 Å². The van der Waals surface area contributed by atoms with Crippen molar-refractivity contribution in [3.8, 4) is 0 Å². The minimum absolute atomic E-state index is 0.216. The summed E-state index contributed by atoms with van der Waals surface area (Å²) in [5, 5.41) is 0. The third-order valence-corrected chi connectivity index (χ3v) is 10.7. The molecular weight excluding hydrogens is 806 g/mol. The molecule has 2 unspecified atom stereocenters. The molecule has 0 amide bonds. The van der Waals surface area contributed by atoms with Crippen LogP contribution in [0.25, 0.3) is 0 Å². The van der Waals surface area contributed by atoms with Gasteiger partial charge >= 0.3 is 0 Å². The first kappa shape index (κ1) is 47.8. The van der Waals surface area contributed by atoms with Crippen molar-refractivity contribution in [3.63, 3.8) is 0 Å². The molecule has 5 heteroatoms. The summed E-state index contributed by atoms with van der Waals surface area (Å²) < 4.78 is 19.8. The maximum Gasteiger partial charge on any atom is 0.149 e. The highest BCUT2D eigenvalue weighted by Crippen LogP contribution is 2.15. The zero-order valence-electron chi connectivity index (χ0n) is 31.5. The number of ether oxygens (including phenoxy) is 3. The summed E-state index contributed by atoms with van der Waals surface area (Å²) in [6.45, 7) is 4.90. The van der Waals surface area contributed by atoms with Crippen LogP contribution in [0.3, 0.4) is 0 Å². The van der Waals surface area contributed by atoms with Crippen molar-refractivity contribution in [2.45, 2.75) is 219 Å². The first-order chi connectivity index (χ1) is 23.2. The quantitative estimate of drug-likeness (QED) is 0.0202. The highest BCUT2D eigenvalue weighted by atomic mass is 127. The largest absolute Gasteiger partial charge is 0.352 e. The van der Waals surface area contributed by atoms with Crippen molar-refractivity contribution in [1.82, 2.24) is 0 Å². The molecule has 47 heavy (non-hydrogen) atoms. The fraction of sp³-hybridized carbons (Fsp3) is 0.905. The first-order valence-electron chi connectivity index (χ1n) is 20.4. The summed E-state index contributed by atoms with van der Waals surface area (Å²) in [7, 11) is 0. The van der Waals surface area contributed by atoms with Crippen LogP contribution in [0.15, 0.2) is 24.3 Å². The molecule has 0 aromatic carbocycles. The van der Waals surface area contributed by atoms with Crippen LogP contribution in [0.4, 0.5) is 0 Å². The molecule has 3 nitrogen and oxygen atoms in total. The molecule has 0 aliphatic rings. The number of alkyl halides is 2. The SMILES string of the molecule is CC(CCC=CCCCCCCCCCCCCCCI)OCOCOC(C)CCC=CCCCCCCCCCCCCCCI. The van der Waals surface area contributed by atoms with Crippen LogP contribution in [-0.4, -0.2) is 34.6 Å². The standard InChI is InChI=1S/C42H80I2O3/c1-41(35-31-27-23-19-15-11-7-3-5-9-13-17-21-25-29-33-37-43)46-39-45-40-47-42(2)36-32-28-24-20-16-12-8-4-6-10-14-18-22-26-30-34-38-44/h23-24,27-28,41-42H,3-22,25-26,29-40H2,1-2H3. The van der Waals surface area contributed by atoms with Crippen LogP contribution in [0.2, 0.25) is 0 Å². The van der Waals surface area contributed by atoms with E-state index < -0.39 is 0 Å². The van der Waals surface area contributed by atoms with Crippen LogP contribution < -0.4 is 0 Å². The van der Waals surface area contributed by atoms with Gasteiger partial charge in [-0.05, 0) is 86.9 Å². The smallest absolute Gasteiger partial charge is 0.149 e. The van der Waals surface area contributed by atoms with Gasteiger partial charge in [0, 0.05) is 0 Å². The van der Waals surface area contributed by atoms with Crippen LogP contribution in [0.1, 0.15) is 206 Å². The van der Waals surface area contributed by atoms with Crippen LogP contribution in [0.5, 0.6) is 0 Å². The number of hydrogen-bond acceptors (Lipinski definition) is 3. The Kier molecular flexibility index (Phi) is 43.7. The molecule has 280 valence electrons. The van der Waals surface area contributed by atoms with Gasteiger partial charge in [-0.15, -0.1) is 0 Å². The average molecular weight is 887 g/mol. The lowest BCUT2D eigenvalue weighted by Gasteiger charge is -2.14. The molecule has 2 atom stereocenters. The molecule has 0 bridgehead atoms. The fourth-order valence-electron chi connectivity index (χ4n) is 5.91. The molecular formula is C42H80I2O3. The van der Waals surface area contributed by atoms with Gasteiger partial charge in [-0.2, -0.15) is 0 Å². The van der Waals surface area contributed by atoms with E-state index in [1.54, 1.807) is 0 Å². The minimum Gasteiger partial charge on any atom is -0.352 e. The van der Waals surface area contributed by atoms with Crippen molar-refractivity contribution in [2.75, 3.05) is 22.4 Å². The van der Waals surface area contributed by atoms with Gasteiger partial charge in [0.05, 0.1) is 12.2 Å². The zero-order chi connectivity index (χ0) is 34.1. The van der Waals surface area contributed by atoms with Crippen molar-refractivity contribution in [3.05, 3.63) is 24.3 Å². The van der Waals surface area contributed by atoms with Crippen molar-refractivity contribution >= 4 is 45.2 Å². The third kappa shape index (κ3) is 42.9. The lowest BCUT2D eigenvalue weighted by molar-refractivity contribution is -0.160. The van der Waals surface area contributed by atoms with Crippen molar-refractivity contribution in [1.29, 1.82) is 0 Å². The normalized spacial score (nSPS) is 13.4. The highest BCUT2D eigenvalue weighted by molar-refractivity contribution is 14.1. The summed E-state index contributed by atoms with van der Waals surface area (Å²) in [6, 6.07) is 0. The highest BCUT2D eigenvalue weighted by Gasteiger charge is 2.03. The van der Waals surface area contributed by atoms with Gasteiger partial charge in [0.25, 0.3) is 0 Å². The number of hydrogen-bond donors (Lipinski definition) is 0. The molecule has 0 saturated carbocycles. The Bertz CT molecular complexity index is 575. The molecule has 0 radical (unpaired) electrons. The predicted octanol–water partition coefficient (Wildman–Crippen LogP) is 15.4. The van der Waals surface area contributed by atoms with Gasteiger partial charge in [-0.3, -0.25) is 0 Å². The second kappa shape index (κ2) is 43.0. The molecule has 0 spiro atoms. The van der Waals surface area contributed by atoms with E-state index in [-0.39, 0.29) is 12.2 Å². The Morgan fingerprint density at radius 3 is 0.915 bits per heavy atom. The number of unbranched alkanes of at least 4 members (excludes halogenated alkanes) is 24. The summed E-state index contributed by atoms with van der Waals surface area (Å²) >= 11 is 4.98. The predicted molar refractivity (Wildman–Crippen MR) is 226 cm³/mol. The lowest BCUT2D eigenvalue weighted by atomic mass is 10.0. The first-order valence-corrected chi connectivity index (χ1v) is 23.5. The summed E-state index contributed by atoms with van der Waals surface area (Å²) in [5.41, 5.74) is 0. The van der Waals surface area contributed by atoms with E-state index in [2.05, 4.69) is 83.3 Å². The second-order valence-electron chi connectivity index (χ2n) is 13.9. The van der Waals surface area contributed by atoms with E-state index in [4.69, 9.17) is 14.2 Å². The Morgan fingerprint density at radius 2 is 0.617 bits per heavy atom. The van der Waals surface area contributed by atoms with Gasteiger partial charge in [0.1, 0.15) is 13.6 Å². The Morgan fingerprint density at radius 1 is 0.362 bits per heavy atom. The summed E-state index contributed by atoms with van der Waals surface area (Å²) in [4.78, 5) is 0. The number of allylic oxidation sites excluding steroid dienone is 4. The number of rotatable bonds is 40. The van der Waals surface area contributed by atoms with E-state index >= 15 is 0 Å². The van der Waals surface area contributed by atoms with Gasteiger partial charge in [0.15, 0.2) is 0 Å². The molecule has 0 aromatic rings. The molecule has 0 saturated heterocycles. The van der Waals surface area contributed by atoms with Gasteiger partial charge in [0.2, 0.25) is 0 Å². The Balaban J connectivity index is 3.34. The topological polar surface area (TPSA) is 27.7 Å². The average Bonchev–Trinajstić information content (AvgIpc) is 3.07. The minimum atomic E-state index is 0.216. The number of halogens is 2. The molecule has 0 N–H and O–H groups in total. The van der Waals surface area contributed by atoms with Gasteiger partial charge < -0.3 is 14.2 Å². The van der Waals surface area contributed by atoms with Crippen molar-refractivity contribution in [2.24, 2.45) is 0 Å². The van der Waals surface area contributed by atoms with E-state index in [1.807, 2.05) is 0 Å². The molecule has 0 aliphatic carbocycles. The molecule has 0 fully saturated rings. The summed E-state index contributed by atoms with van der Waals surface area (Å²) in [6.07, 6.45) is 50.7. The van der Waals surface area contributed by atoms with Crippen LogP contribution in [0, 0.1) is 0 Å². The van der Waals surface area contributed by atoms with E-state index in [9.17, 15) is 0 Å². The zero-order valence-corrected chi connectivity index (χ0v) is 35.8. The molecule has 0 aliphatic heterocycles. The second-order valence-corrected chi connectivity index (χ2v) is 16.1. The van der Waals surface area contributed by atoms with E-state index in [1.165, 1.54) is 176 Å². The molecule has 0 aromatic heterocycles. The lowest BCUT2D eigenvalue weighted by Crippen LogP contribution is -2.15. The van der Waals surface area contributed by atoms with Gasteiger partial charge in [-0.25, -0.2) is 0 Å². The maximum absolute atomic E-state index is 5.80. The van der Waals surface area contributed by atoms with Gasteiger partial charge in [-0.1, -0.05) is 198 Å². The summed E-state index contributed by atoms with van der Waals surface area (Å²) in [5.74, 6) is 0. The maximum atomic E-state index is 5.80.